The van der Waals surface area contributed by atoms with Gasteiger partial charge in [0.05, 0.1) is 13.6 Å². The fourth-order valence-electron chi connectivity index (χ4n) is 4.80. The summed E-state index contributed by atoms with van der Waals surface area (Å²) in [6.07, 6.45) is 2.99. The monoisotopic (exact) mass is 785 g/mol. The summed E-state index contributed by atoms with van der Waals surface area (Å²) in [7, 11) is -1.50. The maximum absolute atomic E-state index is 11.8. The first-order chi connectivity index (χ1) is 20.0. The molecule has 4 aromatic rings. The van der Waals surface area contributed by atoms with E-state index in [2.05, 4.69) is 106 Å². The summed E-state index contributed by atoms with van der Waals surface area (Å²) < 4.78 is 0. The van der Waals surface area contributed by atoms with E-state index >= 15 is 0 Å². The first-order valence-electron chi connectivity index (χ1n) is 15.5. The molecule has 0 atom stereocenters. The third-order valence-corrected chi connectivity index (χ3v) is 10.6. The van der Waals surface area contributed by atoms with Crippen molar-refractivity contribution in [1.82, 2.24) is 4.98 Å². The quantitative estimate of drug-likeness (QED) is 0.0838. The van der Waals surface area contributed by atoms with Crippen LogP contribution in [0.2, 0.25) is 19.6 Å². The van der Waals surface area contributed by atoms with Gasteiger partial charge in [-0.1, -0.05) is 129 Å². The molecule has 1 aromatic heterocycles. The molecule has 3 nitrogen and oxygen atoms in total. The Labute approximate surface area is 280 Å². The average molecular weight is 785 g/mol. The molecule has 0 fully saturated rings. The molecule has 44 heavy (non-hydrogen) atoms. The predicted molar refractivity (Wildman–Crippen MR) is 188 cm³/mol. The molecule has 1 radical (unpaired) electrons. The van der Waals surface area contributed by atoms with Crippen molar-refractivity contribution in [1.29, 1.82) is 0 Å². The van der Waals surface area contributed by atoms with Crippen molar-refractivity contribution in [2.24, 2.45) is 10.8 Å². The van der Waals surface area contributed by atoms with E-state index in [-0.39, 0.29) is 42.5 Å². The van der Waals surface area contributed by atoms with Crippen LogP contribution in [-0.4, -0.2) is 23.9 Å². The molecule has 0 amide bonds. The fraction of sp³-hybridized carbons (Fsp3) is 0.385. The van der Waals surface area contributed by atoms with E-state index in [0.717, 1.165) is 35.2 Å². The fourth-order valence-corrected chi connectivity index (χ4v) is 6.41. The van der Waals surface area contributed by atoms with Gasteiger partial charge >= 0.3 is 0 Å². The molecule has 0 aliphatic rings. The second-order valence-corrected chi connectivity index (χ2v) is 19.0. The largest absolute Gasteiger partial charge is 0.512 e. The van der Waals surface area contributed by atoms with Crippen molar-refractivity contribution in [3.63, 3.8) is 0 Å². The Morgan fingerprint density at radius 3 is 2.05 bits per heavy atom. The molecule has 237 valence electrons. The summed E-state index contributed by atoms with van der Waals surface area (Å²) in [5.74, 6) is 0.195. The Morgan fingerprint density at radius 2 is 1.50 bits per heavy atom. The van der Waals surface area contributed by atoms with E-state index in [1.807, 2.05) is 41.5 Å². The van der Waals surface area contributed by atoms with Crippen LogP contribution in [0.5, 0.6) is 0 Å². The summed E-state index contributed by atoms with van der Waals surface area (Å²) in [5, 5.41) is 12.6. The van der Waals surface area contributed by atoms with Gasteiger partial charge in [-0.25, -0.2) is 0 Å². The van der Waals surface area contributed by atoms with Crippen molar-refractivity contribution in [3.8, 4) is 22.4 Å². The zero-order valence-corrected chi connectivity index (χ0v) is 31.9. The number of carbonyl (C=O) groups excluding carboxylic acids is 1. The van der Waals surface area contributed by atoms with E-state index in [9.17, 15) is 9.90 Å². The first kappa shape index (κ1) is 37.3. The van der Waals surface area contributed by atoms with Gasteiger partial charge in [0.1, 0.15) is 5.76 Å². The molecule has 3 aromatic carbocycles. The number of pyridine rings is 1. The van der Waals surface area contributed by atoms with Crippen molar-refractivity contribution >= 4 is 29.9 Å². The van der Waals surface area contributed by atoms with Crippen molar-refractivity contribution < 1.29 is 30.0 Å². The Bertz CT molecular complexity index is 1590. The van der Waals surface area contributed by atoms with Gasteiger partial charge in [0, 0.05) is 42.4 Å². The molecule has 0 aliphatic carbocycles. The second-order valence-electron chi connectivity index (χ2n) is 14.0. The summed E-state index contributed by atoms with van der Waals surface area (Å²) in [6, 6.07) is 27.4. The standard InChI is InChI=1S/C26H26NSi.C13H24O2.Ir/c1-18-15-19(2)17-21(16-18)23-12-11-22-24(27-23)13-14-25(28(3,4)5)26(22)20-9-7-6-8-10-20;1-7-12(3,4)10(14)9-11(15)13(5,6)8-2;/h6-16H,1-5H3;9,14H,7-8H2,1-6H3;/q-1;;/b;10-9-;. The number of aliphatic hydroxyl groups is 1. The molecule has 0 aliphatic heterocycles. The molecule has 0 unspecified atom stereocenters. The third-order valence-electron chi connectivity index (χ3n) is 8.56. The van der Waals surface area contributed by atoms with E-state index in [4.69, 9.17) is 4.98 Å². The van der Waals surface area contributed by atoms with Crippen molar-refractivity contribution in [2.75, 3.05) is 0 Å². The minimum Gasteiger partial charge on any atom is -0.512 e. The normalized spacial score (nSPS) is 12.3. The van der Waals surface area contributed by atoms with E-state index in [0.29, 0.717) is 0 Å². The number of rotatable bonds is 8. The molecule has 5 heteroatoms. The predicted octanol–water partition coefficient (Wildman–Crippen LogP) is 10.4. The Morgan fingerprint density at radius 1 is 0.886 bits per heavy atom. The number of allylic oxidation sites excluding steroid dienone is 2. The number of nitrogens with zero attached hydrogens (tertiary/aromatic N) is 1. The first-order valence-corrected chi connectivity index (χ1v) is 19.0. The summed E-state index contributed by atoms with van der Waals surface area (Å²) >= 11 is 0. The van der Waals surface area contributed by atoms with Gasteiger partial charge in [0.2, 0.25) is 0 Å². The summed E-state index contributed by atoms with van der Waals surface area (Å²) in [6.45, 7) is 23.1. The molecule has 1 heterocycles. The zero-order chi connectivity index (χ0) is 32.2. The molecule has 1 N–H and O–H groups in total. The number of aliphatic hydroxyl groups excluding tert-OH is 1. The van der Waals surface area contributed by atoms with Gasteiger partial charge < -0.3 is 5.11 Å². The Hall–Kier alpha value is -2.85. The molecule has 0 bridgehead atoms. The molecular weight excluding hydrogens is 735 g/mol. The van der Waals surface area contributed by atoms with Crippen molar-refractivity contribution in [3.05, 3.63) is 95.8 Å². The van der Waals surface area contributed by atoms with Gasteiger partial charge in [-0.2, -0.15) is 0 Å². The van der Waals surface area contributed by atoms with Crippen LogP contribution in [-0.2, 0) is 24.9 Å². The number of fused-ring (bicyclic) bond motifs is 1. The van der Waals surface area contributed by atoms with Gasteiger partial charge in [0.25, 0.3) is 0 Å². The number of carbonyl (C=O) groups is 1. The molecule has 0 saturated heterocycles. The number of ketones is 1. The second kappa shape index (κ2) is 15.0. The van der Waals surface area contributed by atoms with Crippen LogP contribution < -0.4 is 5.19 Å². The number of aryl methyl sites for hydroxylation is 2. The maximum atomic E-state index is 11.8. The number of benzene rings is 3. The Kier molecular flexibility index (Phi) is 12.7. The minimum absolute atomic E-state index is 0. The summed E-state index contributed by atoms with van der Waals surface area (Å²) in [4.78, 5) is 16.9. The molecule has 0 saturated carbocycles. The average Bonchev–Trinajstić information content (AvgIpc) is 2.95. The number of aromatic nitrogens is 1. The Balaban J connectivity index is 0.000000363. The van der Waals surface area contributed by atoms with Crippen LogP contribution in [0.4, 0.5) is 0 Å². The van der Waals surface area contributed by atoms with Crippen LogP contribution in [0.25, 0.3) is 33.3 Å². The molecule has 0 spiro atoms. The summed E-state index contributed by atoms with van der Waals surface area (Å²) in [5.41, 5.74) is 7.43. The van der Waals surface area contributed by atoms with Gasteiger partial charge in [-0.05, 0) is 35.7 Å². The molecule has 4 rings (SSSR count). The minimum atomic E-state index is -1.50. The molecular formula is C39H50IrNO2Si-. The van der Waals surface area contributed by atoms with Crippen LogP contribution in [0, 0.1) is 30.7 Å². The van der Waals surface area contributed by atoms with Gasteiger partial charge in [-0.15, -0.1) is 34.9 Å². The van der Waals surface area contributed by atoms with Crippen LogP contribution in [0.3, 0.4) is 0 Å². The number of hydrogen-bond donors (Lipinski definition) is 1. The van der Waals surface area contributed by atoms with Crippen LogP contribution in [0.15, 0.2) is 78.6 Å². The van der Waals surface area contributed by atoms with E-state index in [1.54, 1.807) is 0 Å². The van der Waals surface area contributed by atoms with Crippen molar-refractivity contribution in [2.45, 2.75) is 87.9 Å². The SMILES string of the molecule is CCC(C)(C)C(=O)/C=C(\O)C(C)(C)CC.Cc1[c-]c(-c2ccc3c(-c4ccccc4)c([Si](C)(C)C)ccc3n2)cc(C)c1.[Ir]. The van der Waals surface area contributed by atoms with Gasteiger partial charge in [-0.3, -0.25) is 9.78 Å². The van der Waals surface area contributed by atoms with E-state index in [1.165, 1.54) is 33.3 Å². The maximum Gasteiger partial charge on any atom is 0.164 e. The number of hydrogen-bond acceptors (Lipinski definition) is 3. The third kappa shape index (κ3) is 9.09. The van der Waals surface area contributed by atoms with Crippen LogP contribution >= 0.6 is 0 Å². The zero-order valence-electron chi connectivity index (χ0n) is 28.5. The van der Waals surface area contributed by atoms with E-state index < -0.39 is 8.07 Å². The van der Waals surface area contributed by atoms with Gasteiger partial charge in [0.15, 0.2) is 5.78 Å². The van der Waals surface area contributed by atoms with Crippen LogP contribution in [0.1, 0.15) is 65.5 Å². The topological polar surface area (TPSA) is 50.2 Å². The smallest absolute Gasteiger partial charge is 0.164 e.